The summed E-state index contributed by atoms with van der Waals surface area (Å²) in [4.78, 5) is 16.5. The average Bonchev–Trinajstić information content (AvgIpc) is 2.73. The van der Waals surface area contributed by atoms with Crippen LogP contribution in [-0.4, -0.2) is 35.3 Å². The number of hydrogen-bond acceptors (Lipinski definition) is 3. The molecule has 7 heteroatoms. The fraction of sp³-hybridized carbons (Fsp3) is 0.478. The second-order valence-electron chi connectivity index (χ2n) is 7.23. The van der Waals surface area contributed by atoms with Gasteiger partial charge in [-0.2, -0.15) is 0 Å². The molecule has 3 N–H and O–H groups in total. The maximum Gasteiger partial charge on any atom is 0.250 e. The molecule has 1 heterocycles. The summed E-state index contributed by atoms with van der Waals surface area (Å²) < 4.78 is 1.69. The number of benzene rings is 1. The lowest BCUT2D eigenvalue weighted by Crippen LogP contribution is -2.40. The van der Waals surface area contributed by atoms with Gasteiger partial charge in [-0.3, -0.25) is 4.79 Å². The first-order chi connectivity index (χ1) is 14.2. The van der Waals surface area contributed by atoms with Crippen LogP contribution in [0.5, 0.6) is 0 Å². The maximum atomic E-state index is 11.8. The number of aliphatic imine (C=N–C) groups is 1. The molecule has 0 amide bonds. The standard InChI is InChI=1S/C23H34N4O2.HI/c1-3-7-19(13-15-28)16-25-23(24-4-2)26-17-20-9-11-21(12-10-20)18-27-14-6-5-8-22(27)29;/h5-6,8-12,14,19,28H,3-4,7,13,15-18H2,1-2H3,(H2,24,25,26);1H. The van der Waals surface area contributed by atoms with E-state index in [9.17, 15) is 9.90 Å². The largest absolute Gasteiger partial charge is 0.396 e. The van der Waals surface area contributed by atoms with Gasteiger partial charge in [0.1, 0.15) is 0 Å². The summed E-state index contributed by atoms with van der Waals surface area (Å²) in [5.41, 5.74) is 2.21. The SMILES string of the molecule is CCCC(CCO)CNC(=NCc1ccc(Cn2ccccc2=O)cc1)NCC.I. The van der Waals surface area contributed by atoms with Crippen molar-refractivity contribution in [2.45, 2.75) is 46.2 Å². The van der Waals surface area contributed by atoms with E-state index in [4.69, 9.17) is 0 Å². The van der Waals surface area contributed by atoms with Gasteiger partial charge in [0.15, 0.2) is 5.96 Å². The van der Waals surface area contributed by atoms with Gasteiger partial charge in [0.25, 0.3) is 5.56 Å². The Hall–Kier alpha value is -1.87. The van der Waals surface area contributed by atoms with Crippen LogP contribution in [0.4, 0.5) is 0 Å². The second kappa shape index (κ2) is 15.0. The fourth-order valence-electron chi connectivity index (χ4n) is 3.23. The Bertz CT molecular complexity index is 799. The molecule has 0 spiro atoms. The number of halogens is 1. The Labute approximate surface area is 196 Å². The molecule has 2 rings (SSSR count). The molecule has 0 aliphatic carbocycles. The summed E-state index contributed by atoms with van der Waals surface area (Å²) in [5.74, 6) is 1.25. The molecule has 0 aliphatic heterocycles. The molecule has 0 saturated carbocycles. The predicted molar refractivity (Wildman–Crippen MR) is 135 cm³/mol. The third-order valence-electron chi connectivity index (χ3n) is 4.83. The lowest BCUT2D eigenvalue weighted by molar-refractivity contribution is 0.251. The third kappa shape index (κ3) is 9.30. The van der Waals surface area contributed by atoms with Crippen molar-refractivity contribution in [3.8, 4) is 0 Å². The van der Waals surface area contributed by atoms with Crippen molar-refractivity contribution < 1.29 is 5.11 Å². The van der Waals surface area contributed by atoms with Gasteiger partial charge in [0.05, 0.1) is 13.1 Å². The van der Waals surface area contributed by atoms with E-state index in [-0.39, 0.29) is 36.1 Å². The van der Waals surface area contributed by atoms with Crippen LogP contribution in [0.2, 0.25) is 0 Å². The predicted octanol–water partition coefficient (Wildman–Crippen LogP) is 3.37. The molecule has 1 aromatic carbocycles. The lowest BCUT2D eigenvalue weighted by Gasteiger charge is -2.18. The molecule has 1 unspecified atom stereocenters. The van der Waals surface area contributed by atoms with E-state index in [1.807, 2.05) is 18.2 Å². The first-order valence-electron chi connectivity index (χ1n) is 10.5. The van der Waals surface area contributed by atoms with Gasteiger partial charge in [-0.05, 0) is 42.9 Å². The fourth-order valence-corrected chi connectivity index (χ4v) is 3.23. The van der Waals surface area contributed by atoms with Gasteiger partial charge >= 0.3 is 0 Å². The summed E-state index contributed by atoms with van der Waals surface area (Å²) in [5, 5.41) is 15.9. The minimum Gasteiger partial charge on any atom is -0.396 e. The molecule has 1 aromatic heterocycles. The number of aromatic nitrogens is 1. The number of rotatable bonds is 11. The van der Waals surface area contributed by atoms with Gasteiger partial charge in [0.2, 0.25) is 0 Å². The van der Waals surface area contributed by atoms with Crippen LogP contribution in [0.15, 0.2) is 58.4 Å². The molecular weight excluding hydrogens is 491 g/mol. The highest BCUT2D eigenvalue weighted by Gasteiger charge is 2.08. The van der Waals surface area contributed by atoms with Gasteiger partial charge < -0.3 is 20.3 Å². The van der Waals surface area contributed by atoms with Gasteiger partial charge in [-0.1, -0.05) is 43.7 Å². The van der Waals surface area contributed by atoms with Gasteiger partial charge in [-0.25, -0.2) is 4.99 Å². The number of aliphatic hydroxyl groups is 1. The van der Waals surface area contributed by atoms with E-state index in [2.05, 4.69) is 41.6 Å². The smallest absolute Gasteiger partial charge is 0.250 e. The van der Waals surface area contributed by atoms with Crippen LogP contribution in [0.25, 0.3) is 0 Å². The van der Waals surface area contributed by atoms with E-state index in [1.54, 1.807) is 22.9 Å². The number of aliphatic hydroxyl groups excluding tert-OH is 1. The van der Waals surface area contributed by atoms with Crippen molar-refractivity contribution in [3.05, 3.63) is 70.1 Å². The van der Waals surface area contributed by atoms with E-state index in [0.717, 1.165) is 49.4 Å². The highest BCUT2D eigenvalue weighted by Crippen LogP contribution is 2.10. The topological polar surface area (TPSA) is 78.7 Å². The number of hydrogen-bond donors (Lipinski definition) is 3. The van der Waals surface area contributed by atoms with E-state index >= 15 is 0 Å². The van der Waals surface area contributed by atoms with Crippen molar-refractivity contribution in [3.63, 3.8) is 0 Å². The Kier molecular flexibility index (Phi) is 13.1. The van der Waals surface area contributed by atoms with Crippen molar-refractivity contribution in [2.24, 2.45) is 10.9 Å². The quantitative estimate of drug-likeness (QED) is 0.239. The highest BCUT2D eigenvalue weighted by molar-refractivity contribution is 14.0. The number of nitrogens with zero attached hydrogens (tertiary/aromatic N) is 2. The van der Waals surface area contributed by atoms with Crippen LogP contribution >= 0.6 is 24.0 Å². The second-order valence-corrected chi connectivity index (χ2v) is 7.23. The molecule has 166 valence electrons. The van der Waals surface area contributed by atoms with Crippen LogP contribution in [0, 0.1) is 5.92 Å². The lowest BCUT2D eigenvalue weighted by atomic mass is 10.0. The minimum absolute atomic E-state index is 0. The van der Waals surface area contributed by atoms with Crippen molar-refractivity contribution in [2.75, 3.05) is 19.7 Å². The van der Waals surface area contributed by atoms with Crippen molar-refractivity contribution >= 4 is 29.9 Å². The third-order valence-corrected chi connectivity index (χ3v) is 4.83. The van der Waals surface area contributed by atoms with Crippen LogP contribution < -0.4 is 16.2 Å². The molecule has 1 atom stereocenters. The molecule has 0 bridgehead atoms. The molecule has 0 radical (unpaired) electrons. The summed E-state index contributed by atoms with van der Waals surface area (Å²) in [7, 11) is 0. The summed E-state index contributed by atoms with van der Waals surface area (Å²) in [6.45, 7) is 7.20. The number of nitrogens with one attached hydrogen (secondary N) is 2. The Morgan fingerprint density at radius 2 is 1.80 bits per heavy atom. The van der Waals surface area contributed by atoms with E-state index < -0.39 is 0 Å². The van der Waals surface area contributed by atoms with Gasteiger partial charge in [0, 0.05) is 32.0 Å². The molecule has 2 aromatic rings. The van der Waals surface area contributed by atoms with Crippen molar-refractivity contribution in [1.29, 1.82) is 0 Å². The van der Waals surface area contributed by atoms with Gasteiger partial charge in [-0.15, -0.1) is 24.0 Å². The first-order valence-corrected chi connectivity index (χ1v) is 10.5. The average molecular weight is 526 g/mol. The van der Waals surface area contributed by atoms with Crippen molar-refractivity contribution in [1.82, 2.24) is 15.2 Å². The summed E-state index contributed by atoms with van der Waals surface area (Å²) >= 11 is 0. The molecule has 0 saturated heterocycles. The van der Waals surface area contributed by atoms with Crippen LogP contribution in [0.1, 0.15) is 44.2 Å². The summed E-state index contributed by atoms with van der Waals surface area (Å²) in [6.07, 6.45) is 4.82. The molecular formula is C23H35IN4O2. The van der Waals surface area contributed by atoms with Crippen LogP contribution in [-0.2, 0) is 13.1 Å². The molecule has 6 nitrogen and oxygen atoms in total. The molecule has 0 aliphatic rings. The normalized spacial score (nSPS) is 12.2. The highest BCUT2D eigenvalue weighted by atomic mass is 127. The zero-order valence-corrected chi connectivity index (χ0v) is 20.3. The Morgan fingerprint density at radius 3 is 2.43 bits per heavy atom. The van der Waals surface area contributed by atoms with Crippen LogP contribution in [0.3, 0.4) is 0 Å². The first kappa shape index (κ1) is 26.2. The zero-order chi connectivity index (χ0) is 20.9. The summed E-state index contributed by atoms with van der Waals surface area (Å²) in [6, 6.07) is 13.4. The minimum atomic E-state index is 0. The number of guanidine groups is 1. The maximum absolute atomic E-state index is 11.8. The van der Waals surface area contributed by atoms with E-state index in [0.29, 0.717) is 19.0 Å². The monoisotopic (exact) mass is 526 g/mol. The molecule has 0 fully saturated rings. The molecule has 30 heavy (non-hydrogen) atoms. The van der Waals surface area contributed by atoms with E-state index in [1.165, 1.54) is 0 Å². The Balaban J connectivity index is 0.00000450. The Morgan fingerprint density at radius 1 is 1.07 bits per heavy atom. The number of pyridine rings is 1. The zero-order valence-electron chi connectivity index (χ0n) is 18.0.